The summed E-state index contributed by atoms with van der Waals surface area (Å²) in [7, 11) is 0. The van der Waals surface area contributed by atoms with Crippen molar-refractivity contribution in [3.63, 3.8) is 0 Å². The van der Waals surface area contributed by atoms with E-state index >= 15 is 0 Å². The second-order valence-corrected chi connectivity index (χ2v) is 17.3. The van der Waals surface area contributed by atoms with Gasteiger partial charge in [0.05, 0.1) is 25.4 Å². The normalized spacial score (nSPS) is 21.0. The van der Waals surface area contributed by atoms with Crippen molar-refractivity contribution < 1.29 is 39.8 Å². The van der Waals surface area contributed by atoms with Crippen LogP contribution >= 0.6 is 0 Å². The van der Waals surface area contributed by atoms with Crippen molar-refractivity contribution in [2.45, 2.75) is 281 Å². The van der Waals surface area contributed by atoms with Gasteiger partial charge in [-0.25, -0.2) is 0 Å². The first-order valence-corrected chi connectivity index (χ1v) is 24.2. The van der Waals surface area contributed by atoms with Crippen molar-refractivity contribution in [1.29, 1.82) is 0 Å². The Labute approximate surface area is 344 Å². The molecule has 0 saturated carbocycles. The summed E-state index contributed by atoms with van der Waals surface area (Å²) < 4.78 is 11.3. The molecule has 0 spiro atoms. The first kappa shape index (κ1) is 53.2. The fraction of sp³-hybridized carbons (Fsp3) is 0.979. The monoisotopic (exact) mass is 800 g/mol. The van der Waals surface area contributed by atoms with Crippen LogP contribution in [0.2, 0.25) is 0 Å². The van der Waals surface area contributed by atoms with E-state index in [1.54, 1.807) is 0 Å². The summed E-state index contributed by atoms with van der Waals surface area (Å²) in [5, 5.41) is 54.3. The minimum absolute atomic E-state index is 0.132. The van der Waals surface area contributed by atoms with E-state index in [1.807, 2.05) is 0 Å². The highest BCUT2D eigenvalue weighted by atomic mass is 16.7. The zero-order valence-corrected chi connectivity index (χ0v) is 36.7. The molecule has 0 bridgehead atoms. The van der Waals surface area contributed by atoms with E-state index in [4.69, 9.17) is 9.47 Å². The lowest BCUT2D eigenvalue weighted by Gasteiger charge is -2.40. The summed E-state index contributed by atoms with van der Waals surface area (Å²) in [6, 6.07) is -0.710. The van der Waals surface area contributed by atoms with Gasteiger partial charge in [-0.3, -0.25) is 4.79 Å². The van der Waals surface area contributed by atoms with Gasteiger partial charge in [0.2, 0.25) is 5.91 Å². The Balaban J connectivity index is 2.22. The first-order chi connectivity index (χ1) is 27.3. The fourth-order valence-electron chi connectivity index (χ4n) is 8.04. The van der Waals surface area contributed by atoms with Crippen molar-refractivity contribution >= 4 is 5.91 Å². The minimum atomic E-state index is -1.55. The number of hydrogen-bond acceptors (Lipinski definition) is 8. The topological polar surface area (TPSA) is 149 Å². The number of carbonyl (C=O) groups excluding carboxylic acids is 1. The standard InChI is InChI=1S/C47H93NO8/c1-3-5-7-9-11-13-15-16-17-18-19-20-21-22-23-24-25-27-29-31-33-35-37-43(51)48-40(39-55-47-46(54)45(53)44(52)42(38-49)56-47)41(50)36-34-32-30-28-26-14-12-10-8-6-4-2/h40-42,44-47,49-50,52-54H,3-39H2,1-2H3,(H,48,51). The quantitative estimate of drug-likeness (QED) is 0.0335. The lowest BCUT2D eigenvalue weighted by Crippen LogP contribution is -2.60. The summed E-state index contributed by atoms with van der Waals surface area (Å²) in [5.41, 5.74) is 0. The van der Waals surface area contributed by atoms with Gasteiger partial charge in [0.25, 0.3) is 0 Å². The molecule has 1 rings (SSSR count). The van der Waals surface area contributed by atoms with E-state index in [9.17, 15) is 30.3 Å². The average Bonchev–Trinajstić information content (AvgIpc) is 3.20. The second kappa shape index (κ2) is 38.4. The molecule has 1 amide bonds. The molecule has 1 saturated heterocycles. The van der Waals surface area contributed by atoms with Crippen molar-refractivity contribution in [2.24, 2.45) is 0 Å². The number of rotatable bonds is 41. The smallest absolute Gasteiger partial charge is 0.220 e. The summed E-state index contributed by atoms with van der Waals surface area (Å²) in [4.78, 5) is 13.0. The maximum absolute atomic E-state index is 13.0. The van der Waals surface area contributed by atoms with Gasteiger partial charge in [-0.2, -0.15) is 0 Å². The molecule has 56 heavy (non-hydrogen) atoms. The molecule has 7 unspecified atom stereocenters. The third kappa shape index (κ3) is 28.6. The molecule has 9 heteroatoms. The Bertz CT molecular complexity index is 847. The summed E-state index contributed by atoms with van der Waals surface area (Å²) in [6.07, 6.45) is 35.5. The van der Waals surface area contributed by atoms with Gasteiger partial charge in [0, 0.05) is 6.42 Å². The molecule has 0 aromatic heterocycles. The Morgan fingerprint density at radius 1 is 0.536 bits per heavy atom. The maximum Gasteiger partial charge on any atom is 0.220 e. The molecule has 1 heterocycles. The van der Waals surface area contributed by atoms with Crippen LogP contribution in [0.25, 0.3) is 0 Å². The molecular formula is C47H93NO8. The SMILES string of the molecule is CCCCCCCCCCCCCCCCCCCCCCCCC(=O)NC(COC1OC(CO)C(O)C(O)C1O)C(O)CCCCCCCCCCCCC. The minimum Gasteiger partial charge on any atom is -0.394 e. The lowest BCUT2D eigenvalue weighted by atomic mass is 9.99. The summed E-state index contributed by atoms with van der Waals surface area (Å²) >= 11 is 0. The molecule has 0 aliphatic carbocycles. The van der Waals surface area contributed by atoms with Gasteiger partial charge in [0.1, 0.15) is 24.4 Å². The average molecular weight is 800 g/mol. The number of nitrogens with one attached hydrogen (secondary N) is 1. The number of amides is 1. The predicted molar refractivity (Wildman–Crippen MR) is 231 cm³/mol. The first-order valence-electron chi connectivity index (χ1n) is 24.2. The van der Waals surface area contributed by atoms with E-state index in [1.165, 1.54) is 173 Å². The van der Waals surface area contributed by atoms with Gasteiger partial charge < -0.3 is 40.3 Å². The van der Waals surface area contributed by atoms with Crippen LogP contribution in [0.15, 0.2) is 0 Å². The van der Waals surface area contributed by atoms with Crippen LogP contribution in [0, 0.1) is 0 Å². The molecule has 1 fully saturated rings. The number of hydrogen-bond donors (Lipinski definition) is 6. The third-order valence-corrected chi connectivity index (χ3v) is 12.0. The largest absolute Gasteiger partial charge is 0.394 e. The summed E-state index contributed by atoms with van der Waals surface area (Å²) in [5.74, 6) is -0.140. The molecule has 7 atom stereocenters. The number of ether oxygens (including phenoxy) is 2. The Morgan fingerprint density at radius 3 is 1.27 bits per heavy atom. The van der Waals surface area contributed by atoms with Crippen molar-refractivity contribution in [3.05, 3.63) is 0 Å². The van der Waals surface area contributed by atoms with Crippen LogP contribution in [0.5, 0.6) is 0 Å². The molecule has 0 aromatic carbocycles. The number of unbranched alkanes of at least 4 members (excludes halogenated alkanes) is 31. The van der Waals surface area contributed by atoms with E-state index < -0.39 is 49.5 Å². The molecule has 1 aliphatic heterocycles. The maximum atomic E-state index is 13.0. The molecule has 0 radical (unpaired) electrons. The van der Waals surface area contributed by atoms with Crippen molar-refractivity contribution in [3.8, 4) is 0 Å². The predicted octanol–water partition coefficient (Wildman–Crippen LogP) is 10.3. The fourth-order valence-corrected chi connectivity index (χ4v) is 8.04. The van der Waals surface area contributed by atoms with Gasteiger partial charge in [-0.15, -0.1) is 0 Å². The van der Waals surface area contributed by atoms with E-state index in [0.717, 1.165) is 38.5 Å². The van der Waals surface area contributed by atoms with Crippen molar-refractivity contribution in [1.82, 2.24) is 5.32 Å². The third-order valence-electron chi connectivity index (χ3n) is 12.0. The van der Waals surface area contributed by atoms with Crippen molar-refractivity contribution in [2.75, 3.05) is 13.2 Å². The van der Waals surface area contributed by atoms with Gasteiger partial charge in [0.15, 0.2) is 6.29 Å². The molecule has 6 N–H and O–H groups in total. The number of carbonyl (C=O) groups is 1. The van der Waals surface area contributed by atoms with Crippen LogP contribution in [-0.2, 0) is 14.3 Å². The summed E-state index contributed by atoms with van der Waals surface area (Å²) in [6.45, 7) is 3.84. The Kier molecular flexibility index (Phi) is 36.5. The lowest BCUT2D eigenvalue weighted by molar-refractivity contribution is -0.302. The highest BCUT2D eigenvalue weighted by Crippen LogP contribution is 2.23. The zero-order valence-electron chi connectivity index (χ0n) is 36.7. The Hall–Kier alpha value is -0.810. The molecule has 9 nitrogen and oxygen atoms in total. The second-order valence-electron chi connectivity index (χ2n) is 17.3. The van der Waals surface area contributed by atoms with Gasteiger partial charge in [-0.1, -0.05) is 219 Å². The van der Waals surface area contributed by atoms with Crippen LogP contribution < -0.4 is 5.32 Å². The number of aliphatic hydroxyl groups excluding tert-OH is 5. The van der Waals surface area contributed by atoms with E-state index in [0.29, 0.717) is 12.8 Å². The highest BCUT2D eigenvalue weighted by Gasteiger charge is 2.44. The van der Waals surface area contributed by atoms with Gasteiger partial charge in [-0.05, 0) is 12.8 Å². The van der Waals surface area contributed by atoms with E-state index in [2.05, 4.69) is 19.2 Å². The molecule has 1 aliphatic rings. The van der Waals surface area contributed by atoms with Crippen LogP contribution in [-0.4, -0.2) is 87.5 Å². The van der Waals surface area contributed by atoms with Gasteiger partial charge >= 0.3 is 0 Å². The highest BCUT2D eigenvalue weighted by molar-refractivity contribution is 5.76. The zero-order chi connectivity index (χ0) is 40.9. The molecule has 0 aromatic rings. The van der Waals surface area contributed by atoms with Crippen LogP contribution in [0.4, 0.5) is 0 Å². The van der Waals surface area contributed by atoms with Crippen LogP contribution in [0.3, 0.4) is 0 Å². The number of aliphatic hydroxyl groups is 5. The van der Waals surface area contributed by atoms with Crippen LogP contribution in [0.1, 0.15) is 239 Å². The van der Waals surface area contributed by atoms with E-state index in [-0.39, 0.29) is 12.5 Å². The Morgan fingerprint density at radius 2 is 0.893 bits per heavy atom. The molecular weight excluding hydrogens is 707 g/mol. The molecule has 334 valence electrons.